The first-order valence-electron chi connectivity index (χ1n) is 9.07. The Balaban J connectivity index is 1.54. The standard InChI is InChI=1S/C21H23ClN2O3/c1-13(15-7-6-14-4-2-3-5-16(14)10-15)24-20(25)12-27-21(26)17-8-9-18(22)19(23)11-17/h6-11,13H,2-5,12,23H2,1H3,(H,24,25)/t13-/m1/s1. The first kappa shape index (κ1) is 19.2. The van der Waals surface area contributed by atoms with E-state index in [-0.39, 0.29) is 29.8 Å². The number of nitrogen functional groups attached to an aromatic ring is 1. The highest BCUT2D eigenvalue weighted by Crippen LogP contribution is 2.25. The molecule has 142 valence electrons. The van der Waals surface area contributed by atoms with Crippen LogP contribution < -0.4 is 11.1 Å². The first-order chi connectivity index (χ1) is 12.9. The third-order valence-corrected chi connectivity index (χ3v) is 5.16. The second-order valence-corrected chi connectivity index (χ2v) is 7.24. The van der Waals surface area contributed by atoms with Crippen molar-refractivity contribution >= 4 is 29.2 Å². The van der Waals surface area contributed by atoms with Crippen molar-refractivity contribution in [2.45, 2.75) is 38.6 Å². The Morgan fingerprint density at radius 3 is 2.63 bits per heavy atom. The van der Waals surface area contributed by atoms with E-state index in [9.17, 15) is 9.59 Å². The van der Waals surface area contributed by atoms with E-state index in [1.165, 1.54) is 42.2 Å². The lowest BCUT2D eigenvalue weighted by Crippen LogP contribution is -2.31. The maximum atomic E-state index is 12.1. The molecule has 1 atom stereocenters. The van der Waals surface area contributed by atoms with Crippen LogP contribution in [0, 0.1) is 0 Å². The topological polar surface area (TPSA) is 81.4 Å². The molecule has 0 aromatic heterocycles. The summed E-state index contributed by atoms with van der Waals surface area (Å²) in [6.07, 6.45) is 4.67. The molecule has 0 spiro atoms. The van der Waals surface area contributed by atoms with E-state index in [1.807, 2.05) is 6.92 Å². The average Bonchev–Trinajstić information content (AvgIpc) is 2.67. The van der Waals surface area contributed by atoms with Gasteiger partial charge in [-0.15, -0.1) is 0 Å². The zero-order valence-corrected chi connectivity index (χ0v) is 16.0. The van der Waals surface area contributed by atoms with Gasteiger partial charge < -0.3 is 15.8 Å². The van der Waals surface area contributed by atoms with E-state index in [0.717, 1.165) is 18.4 Å². The van der Waals surface area contributed by atoms with Gasteiger partial charge in [-0.05, 0) is 67.5 Å². The van der Waals surface area contributed by atoms with Gasteiger partial charge in [-0.3, -0.25) is 4.79 Å². The van der Waals surface area contributed by atoms with Crippen LogP contribution in [0.25, 0.3) is 0 Å². The number of halogens is 1. The number of hydrogen-bond acceptors (Lipinski definition) is 4. The van der Waals surface area contributed by atoms with Crippen molar-refractivity contribution in [3.05, 3.63) is 63.7 Å². The minimum Gasteiger partial charge on any atom is -0.452 e. The summed E-state index contributed by atoms with van der Waals surface area (Å²) in [6.45, 7) is 1.57. The number of amides is 1. The normalized spacial score (nSPS) is 14.1. The summed E-state index contributed by atoms with van der Waals surface area (Å²) in [6, 6.07) is 10.7. The Hall–Kier alpha value is -2.53. The number of esters is 1. The molecule has 1 amide bonds. The van der Waals surface area contributed by atoms with Crippen molar-refractivity contribution in [1.29, 1.82) is 0 Å². The van der Waals surface area contributed by atoms with Crippen molar-refractivity contribution < 1.29 is 14.3 Å². The van der Waals surface area contributed by atoms with Crippen molar-refractivity contribution in [2.24, 2.45) is 0 Å². The Morgan fingerprint density at radius 1 is 1.15 bits per heavy atom. The summed E-state index contributed by atoms with van der Waals surface area (Å²) in [5.74, 6) is -0.967. The molecule has 3 N–H and O–H groups in total. The predicted octanol–water partition coefficient (Wildman–Crippen LogP) is 3.84. The molecule has 0 unspecified atom stereocenters. The molecule has 0 bridgehead atoms. The number of nitrogens with one attached hydrogen (secondary N) is 1. The van der Waals surface area contributed by atoms with Gasteiger partial charge in [-0.25, -0.2) is 4.79 Å². The zero-order valence-electron chi connectivity index (χ0n) is 15.3. The van der Waals surface area contributed by atoms with Gasteiger partial charge in [-0.1, -0.05) is 29.8 Å². The molecule has 0 heterocycles. The number of hydrogen-bond donors (Lipinski definition) is 2. The molecule has 0 saturated carbocycles. The van der Waals surface area contributed by atoms with Gasteiger partial charge in [0.25, 0.3) is 5.91 Å². The van der Waals surface area contributed by atoms with E-state index >= 15 is 0 Å². The molecule has 3 rings (SSSR count). The fraction of sp³-hybridized carbons (Fsp3) is 0.333. The van der Waals surface area contributed by atoms with Crippen LogP contribution in [0.1, 0.15) is 52.9 Å². The molecule has 0 radical (unpaired) electrons. The van der Waals surface area contributed by atoms with Crippen LogP contribution in [0.5, 0.6) is 0 Å². The summed E-state index contributed by atoms with van der Waals surface area (Å²) >= 11 is 5.83. The molecule has 1 aliphatic carbocycles. The molecule has 0 aliphatic heterocycles. The van der Waals surface area contributed by atoms with Crippen LogP contribution >= 0.6 is 11.6 Å². The Bertz CT molecular complexity index is 867. The molecule has 1 aliphatic rings. The Morgan fingerprint density at radius 2 is 1.89 bits per heavy atom. The third-order valence-electron chi connectivity index (χ3n) is 4.82. The van der Waals surface area contributed by atoms with Crippen molar-refractivity contribution in [3.63, 3.8) is 0 Å². The van der Waals surface area contributed by atoms with E-state index in [1.54, 1.807) is 0 Å². The quantitative estimate of drug-likeness (QED) is 0.604. The number of rotatable bonds is 5. The highest BCUT2D eigenvalue weighted by molar-refractivity contribution is 6.33. The Kier molecular flexibility index (Phi) is 6.01. The van der Waals surface area contributed by atoms with Gasteiger partial charge in [0, 0.05) is 0 Å². The van der Waals surface area contributed by atoms with Crippen molar-refractivity contribution in [1.82, 2.24) is 5.32 Å². The molecule has 5 nitrogen and oxygen atoms in total. The van der Waals surface area contributed by atoms with Crippen molar-refractivity contribution in [3.8, 4) is 0 Å². The van der Waals surface area contributed by atoms with Gasteiger partial charge in [0.15, 0.2) is 6.61 Å². The van der Waals surface area contributed by atoms with Gasteiger partial charge in [0.05, 0.1) is 22.3 Å². The van der Waals surface area contributed by atoms with Crippen LogP contribution in [-0.4, -0.2) is 18.5 Å². The van der Waals surface area contributed by atoms with Crippen molar-refractivity contribution in [2.75, 3.05) is 12.3 Å². The minimum atomic E-state index is -0.616. The average molecular weight is 387 g/mol. The van der Waals surface area contributed by atoms with Gasteiger partial charge in [-0.2, -0.15) is 0 Å². The third kappa shape index (κ3) is 4.80. The van der Waals surface area contributed by atoms with Gasteiger partial charge in [0.1, 0.15) is 0 Å². The highest BCUT2D eigenvalue weighted by Gasteiger charge is 2.16. The first-order valence-corrected chi connectivity index (χ1v) is 9.45. The van der Waals surface area contributed by atoms with Gasteiger partial charge >= 0.3 is 5.97 Å². The summed E-state index contributed by atoms with van der Waals surface area (Å²) in [5, 5.41) is 3.23. The summed E-state index contributed by atoms with van der Waals surface area (Å²) in [5.41, 5.74) is 10.0. The lowest BCUT2D eigenvalue weighted by molar-refractivity contribution is -0.124. The Labute approximate surface area is 163 Å². The largest absolute Gasteiger partial charge is 0.452 e. The fourth-order valence-corrected chi connectivity index (χ4v) is 3.39. The molecule has 2 aromatic rings. The number of benzene rings is 2. The van der Waals surface area contributed by atoms with E-state index in [4.69, 9.17) is 22.1 Å². The minimum absolute atomic E-state index is 0.158. The molecule has 27 heavy (non-hydrogen) atoms. The highest BCUT2D eigenvalue weighted by atomic mass is 35.5. The monoisotopic (exact) mass is 386 g/mol. The van der Waals surface area contributed by atoms with E-state index < -0.39 is 5.97 Å². The second kappa shape index (κ2) is 8.44. The fourth-order valence-electron chi connectivity index (χ4n) is 3.27. The number of fused-ring (bicyclic) bond motifs is 1. The number of carbonyl (C=O) groups is 2. The van der Waals surface area contributed by atoms with E-state index in [0.29, 0.717) is 5.02 Å². The lowest BCUT2D eigenvalue weighted by atomic mass is 9.89. The number of carbonyl (C=O) groups excluding carboxylic acids is 2. The lowest BCUT2D eigenvalue weighted by Gasteiger charge is -2.20. The number of anilines is 1. The van der Waals surface area contributed by atoms with Gasteiger partial charge in [0.2, 0.25) is 0 Å². The SMILES string of the molecule is C[C@@H](NC(=O)COC(=O)c1ccc(Cl)c(N)c1)c1ccc2c(c1)CCCC2. The summed E-state index contributed by atoms with van der Waals surface area (Å²) in [4.78, 5) is 24.2. The van der Waals surface area contributed by atoms with Crippen LogP contribution in [-0.2, 0) is 22.4 Å². The molecule has 2 aromatic carbocycles. The smallest absolute Gasteiger partial charge is 0.338 e. The molecule has 0 saturated heterocycles. The number of ether oxygens (including phenoxy) is 1. The molecule has 6 heteroatoms. The summed E-state index contributed by atoms with van der Waals surface area (Å²) < 4.78 is 5.06. The molecule has 0 fully saturated rings. The maximum Gasteiger partial charge on any atom is 0.338 e. The van der Waals surface area contributed by atoms with E-state index in [2.05, 4.69) is 23.5 Å². The zero-order chi connectivity index (χ0) is 19.4. The number of aryl methyl sites for hydroxylation is 2. The number of nitrogens with two attached hydrogens (primary N) is 1. The maximum absolute atomic E-state index is 12.1. The molecular formula is C21H23ClN2O3. The molecular weight excluding hydrogens is 364 g/mol. The summed E-state index contributed by atoms with van der Waals surface area (Å²) in [7, 11) is 0. The van der Waals surface area contributed by atoms with Crippen LogP contribution in [0.3, 0.4) is 0 Å². The van der Waals surface area contributed by atoms with Crippen LogP contribution in [0.4, 0.5) is 5.69 Å². The van der Waals surface area contributed by atoms with Crippen LogP contribution in [0.15, 0.2) is 36.4 Å². The van der Waals surface area contributed by atoms with Crippen LogP contribution in [0.2, 0.25) is 5.02 Å². The second-order valence-electron chi connectivity index (χ2n) is 6.84. The predicted molar refractivity (Wildman–Crippen MR) is 106 cm³/mol.